The van der Waals surface area contributed by atoms with Gasteiger partial charge in [0.1, 0.15) is 0 Å². The first-order chi connectivity index (χ1) is 8.65. The fraction of sp³-hybridized carbons (Fsp3) is 0.571. The lowest BCUT2D eigenvalue weighted by molar-refractivity contribution is 0.203. The van der Waals surface area contributed by atoms with Gasteiger partial charge in [0.2, 0.25) is 0 Å². The first-order valence-electron chi connectivity index (χ1n) is 6.38. The van der Waals surface area contributed by atoms with Crippen LogP contribution in [0.2, 0.25) is 5.02 Å². The van der Waals surface area contributed by atoms with Crippen molar-refractivity contribution in [2.24, 2.45) is 5.73 Å². The van der Waals surface area contributed by atoms with Gasteiger partial charge in [0, 0.05) is 26.2 Å². The van der Waals surface area contributed by atoms with Crippen molar-refractivity contribution in [3.05, 3.63) is 28.8 Å². The number of anilines is 1. The highest BCUT2D eigenvalue weighted by Gasteiger charge is 2.18. The van der Waals surface area contributed by atoms with E-state index in [2.05, 4.69) is 18.7 Å². The minimum absolute atomic E-state index is 0.408. The Morgan fingerprint density at radius 3 is 2.72 bits per heavy atom. The second-order valence-electron chi connectivity index (χ2n) is 4.40. The van der Waals surface area contributed by atoms with Gasteiger partial charge in [0.15, 0.2) is 0 Å². The van der Waals surface area contributed by atoms with E-state index in [1.165, 1.54) is 0 Å². The van der Waals surface area contributed by atoms with Crippen molar-refractivity contribution in [3.8, 4) is 0 Å². The lowest BCUT2D eigenvalue weighted by atomic mass is 10.1. The third kappa shape index (κ3) is 3.61. The van der Waals surface area contributed by atoms with Crippen LogP contribution in [0.4, 0.5) is 5.69 Å². The fourth-order valence-electron chi connectivity index (χ4n) is 2.01. The maximum Gasteiger partial charge on any atom is 0.0643 e. The van der Waals surface area contributed by atoms with Gasteiger partial charge in [-0.3, -0.25) is 0 Å². The van der Waals surface area contributed by atoms with Crippen LogP contribution in [-0.2, 0) is 11.3 Å². The zero-order valence-corrected chi connectivity index (χ0v) is 12.2. The van der Waals surface area contributed by atoms with Crippen LogP contribution in [0.5, 0.6) is 0 Å². The zero-order chi connectivity index (χ0) is 13.5. The van der Waals surface area contributed by atoms with E-state index in [9.17, 15) is 0 Å². The summed E-state index contributed by atoms with van der Waals surface area (Å²) in [4.78, 5) is 2.29. The van der Waals surface area contributed by atoms with Crippen LogP contribution in [0.3, 0.4) is 0 Å². The molecule has 1 aromatic rings. The van der Waals surface area contributed by atoms with E-state index in [-0.39, 0.29) is 0 Å². The van der Waals surface area contributed by atoms with Crippen molar-refractivity contribution in [1.82, 2.24) is 0 Å². The second-order valence-corrected chi connectivity index (χ2v) is 4.80. The zero-order valence-electron chi connectivity index (χ0n) is 11.4. The van der Waals surface area contributed by atoms with Crippen LogP contribution in [0.25, 0.3) is 0 Å². The number of ether oxygens (including phenoxy) is 1. The summed E-state index contributed by atoms with van der Waals surface area (Å²) < 4.78 is 5.19. The molecule has 0 aromatic heterocycles. The molecule has 18 heavy (non-hydrogen) atoms. The standard InChI is InChI=1S/C14H23ClN2O/c1-4-11(2)17(8-9-18-3)14-12(10-16)6-5-7-13(14)15/h5-7,11H,4,8-10,16H2,1-3H3. The number of para-hydroxylation sites is 1. The normalized spacial score (nSPS) is 12.5. The Labute approximate surface area is 115 Å². The molecule has 0 saturated carbocycles. The number of hydrogen-bond donors (Lipinski definition) is 1. The smallest absolute Gasteiger partial charge is 0.0643 e. The molecule has 0 fully saturated rings. The first kappa shape index (κ1) is 15.3. The van der Waals surface area contributed by atoms with E-state index >= 15 is 0 Å². The number of nitrogens with zero attached hydrogens (tertiary/aromatic N) is 1. The third-order valence-electron chi connectivity index (χ3n) is 3.24. The number of methoxy groups -OCH3 is 1. The lowest BCUT2D eigenvalue weighted by Gasteiger charge is -2.33. The van der Waals surface area contributed by atoms with E-state index in [4.69, 9.17) is 22.1 Å². The number of halogens is 1. The highest BCUT2D eigenvalue weighted by Crippen LogP contribution is 2.31. The Hall–Kier alpha value is -0.770. The summed E-state index contributed by atoms with van der Waals surface area (Å²) in [5.41, 5.74) is 7.94. The number of nitrogens with two attached hydrogens (primary N) is 1. The molecular weight excluding hydrogens is 248 g/mol. The minimum Gasteiger partial charge on any atom is -0.383 e. The molecule has 2 N–H and O–H groups in total. The molecule has 0 aliphatic heterocycles. The molecule has 1 unspecified atom stereocenters. The molecule has 0 aliphatic rings. The minimum atomic E-state index is 0.408. The molecular formula is C14H23ClN2O. The lowest BCUT2D eigenvalue weighted by Crippen LogP contribution is -2.36. The van der Waals surface area contributed by atoms with Gasteiger partial charge in [-0.15, -0.1) is 0 Å². The number of hydrogen-bond acceptors (Lipinski definition) is 3. The summed E-state index contributed by atoms with van der Waals surface area (Å²) >= 11 is 6.34. The van der Waals surface area contributed by atoms with Crippen molar-refractivity contribution in [1.29, 1.82) is 0 Å². The predicted octanol–water partition coefficient (Wildman–Crippen LogP) is 3.05. The molecule has 4 heteroatoms. The predicted molar refractivity (Wildman–Crippen MR) is 78.3 cm³/mol. The van der Waals surface area contributed by atoms with Gasteiger partial charge in [-0.25, -0.2) is 0 Å². The molecule has 0 bridgehead atoms. The van der Waals surface area contributed by atoms with Crippen LogP contribution >= 0.6 is 11.6 Å². The van der Waals surface area contributed by atoms with Crippen LogP contribution in [-0.4, -0.2) is 26.3 Å². The maximum atomic E-state index is 6.34. The van der Waals surface area contributed by atoms with E-state index in [1.807, 2.05) is 18.2 Å². The maximum absolute atomic E-state index is 6.34. The van der Waals surface area contributed by atoms with Crippen molar-refractivity contribution >= 4 is 17.3 Å². The van der Waals surface area contributed by atoms with Crippen LogP contribution < -0.4 is 10.6 Å². The Kier molecular flexibility index (Phi) is 6.47. The van der Waals surface area contributed by atoms with Crippen molar-refractivity contribution in [2.45, 2.75) is 32.9 Å². The second kappa shape index (κ2) is 7.62. The van der Waals surface area contributed by atoms with Gasteiger partial charge < -0.3 is 15.4 Å². The Balaban J connectivity index is 3.10. The van der Waals surface area contributed by atoms with E-state index < -0.39 is 0 Å². The average Bonchev–Trinajstić information content (AvgIpc) is 2.39. The molecule has 0 spiro atoms. The summed E-state index contributed by atoms with van der Waals surface area (Å²) in [5.74, 6) is 0. The Bertz CT molecular complexity index is 371. The van der Waals surface area contributed by atoms with Gasteiger partial charge in [0.25, 0.3) is 0 Å². The molecule has 0 radical (unpaired) electrons. The van der Waals surface area contributed by atoms with Crippen LogP contribution in [0.15, 0.2) is 18.2 Å². The van der Waals surface area contributed by atoms with Gasteiger partial charge >= 0.3 is 0 Å². The van der Waals surface area contributed by atoms with Crippen molar-refractivity contribution in [3.63, 3.8) is 0 Å². The van der Waals surface area contributed by atoms with Crippen molar-refractivity contribution in [2.75, 3.05) is 25.2 Å². The molecule has 1 atom stereocenters. The highest BCUT2D eigenvalue weighted by atomic mass is 35.5. The average molecular weight is 271 g/mol. The topological polar surface area (TPSA) is 38.5 Å². The molecule has 3 nitrogen and oxygen atoms in total. The summed E-state index contributed by atoms with van der Waals surface area (Å²) in [6.07, 6.45) is 1.05. The van der Waals surface area contributed by atoms with E-state index in [1.54, 1.807) is 7.11 Å². The SMILES string of the molecule is CCC(C)N(CCOC)c1c(Cl)cccc1CN. The fourth-order valence-corrected chi connectivity index (χ4v) is 2.31. The monoisotopic (exact) mass is 270 g/mol. The first-order valence-corrected chi connectivity index (χ1v) is 6.76. The summed E-state index contributed by atoms with van der Waals surface area (Å²) in [6, 6.07) is 6.30. The molecule has 0 amide bonds. The van der Waals surface area contributed by atoms with E-state index in [0.29, 0.717) is 19.2 Å². The molecule has 102 valence electrons. The Morgan fingerprint density at radius 1 is 1.44 bits per heavy atom. The van der Waals surface area contributed by atoms with Gasteiger partial charge in [0.05, 0.1) is 17.3 Å². The quantitative estimate of drug-likeness (QED) is 0.828. The van der Waals surface area contributed by atoms with Gasteiger partial charge in [-0.1, -0.05) is 30.7 Å². The summed E-state index contributed by atoms with van der Waals surface area (Å²) in [6.45, 7) is 6.36. The van der Waals surface area contributed by atoms with Crippen LogP contribution in [0.1, 0.15) is 25.8 Å². The van der Waals surface area contributed by atoms with Crippen molar-refractivity contribution < 1.29 is 4.74 Å². The van der Waals surface area contributed by atoms with Crippen LogP contribution in [0, 0.1) is 0 Å². The largest absolute Gasteiger partial charge is 0.383 e. The number of benzene rings is 1. The molecule has 0 saturated heterocycles. The molecule has 1 rings (SSSR count). The molecule has 0 heterocycles. The summed E-state index contributed by atoms with van der Waals surface area (Å²) in [7, 11) is 1.71. The molecule has 0 aliphatic carbocycles. The van der Waals surface area contributed by atoms with Gasteiger partial charge in [-0.2, -0.15) is 0 Å². The van der Waals surface area contributed by atoms with E-state index in [0.717, 1.165) is 29.2 Å². The molecule has 1 aromatic carbocycles. The van der Waals surface area contributed by atoms with Gasteiger partial charge in [-0.05, 0) is 25.0 Å². The highest BCUT2D eigenvalue weighted by molar-refractivity contribution is 6.33. The Morgan fingerprint density at radius 2 is 2.17 bits per heavy atom. The third-order valence-corrected chi connectivity index (χ3v) is 3.54. The number of rotatable bonds is 7. The summed E-state index contributed by atoms with van der Waals surface area (Å²) in [5, 5.41) is 0.759.